The Hall–Kier alpha value is -4.16. The van der Waals surface area contributed by atoms with Crippen LogP contribution >= 0.6 is 0 Å². The fraction of sp³-hybridized carbons (Fsp3) is 0.321. The molecule has 0 radical (unpaired) electrons. The van der Waals surface area contributed by atoms with Gasteiger partial charge in [0.15, 0.2) is 0 Å². The Labute approximate surface area is 231 Å². The normalized spacial score (nSPS) is 15.7. The molecule has 3 heterocycles. The lowest BCUT2D eigenvalue weighted by molar-refractivity contribution is 0.0905. The minimum absolute atomic E-state index is 0.163. The molecule has 1 unspecified atom stereocenters. The zero-order chi connectivity index (χ0) is 28.4. The van der Waals surface area contributed by atoms with Crippen molar-refractivity contribution in [3.8, 4) is 11.6 Å². The van der Waals surface area contributed by atoms with E-state index in [4.69, 9.17) is 4.74 Å². The molecule has 1 saturated heterocycles. The van der Waals surface area contributed by atoms with Crippen molar-refractivity contribution in [2.75, 3.05) is 19.3 Å². The predicted octanol–water partition coefficient (Wildman–Crippen LogP) is 2.99. The molecule has 1 aliphatic rings. The first-order valence-corrected chi connectivity index (χ1v) is 14.8. The lowest BCUT2D eigenvalue weighted by atomic mass is 9.88. The van der Waals surface area contributed by atoms with E-state index in [0.29, 0.717) is 30.8 Å². The Morgan fingerprint density at radius 1 is 1.15 bits per heavy atom. The fourth-order valence-electron chi connectivity index (χ4n) is 5.18. The fourth-order valence-corrected chi connectivity index (χ4v) is 6.06. The number of nitrogens with zero attached hydrogens (tertiary/aromatic N) is 2. The first-order chi connectivity index (χ1) is 19.1. The van der Waals surface area contributed by atoms with Gasteiger partial charge in [-0.05, 0) is 62.1 Å². The third kappa shape index (κ3) is 6.02. The summed E-state index contributed by atoms with van der Waals surface area (Å²) in [5.41, 5.74) is 2.74. The van der Waals surface area contributed by atoms with E-state index in [9.17, 15) is 23.1 Å². The Balaban J connectivity index is 1.29. The number of imidazole rings is 1. The van der Waals surface area contributed by atoms with Crippen molar-refractivity contribution in [1.82, 2.24) is 24.6 Å². The standard InChI is InChI=1S/C28H31N5O6S/c1-17-15-20(22-5-3-4-6-23(22)29-17)16-39-21-9-7-19(8-10-21)26(34)30-24(25-27(35)32-28(36)31-25)18-11-13-33(14-12-18)40(2,37)38/h3-10,15,18,24,35H,11-14,16H2,1-2H3,(H,30,34)(H2,31,32,36). The van der Waals surface area contributed by atoms with Crippen LogP contribution in [0.5, 0.6) is 11.6 Å². The number of ether oxygens (including phenoxy) is 1. The van der Waals surface area contributed by atoms with Gasteiger partial charge in [0, 0.05) is 35.3 Å². The maximum absolute atomic E-state index is 13.2. The van der Waals surface area contributed by atoms with E-state index in [1.165, 1.54) is 4.31 Å². The molecule has 4 N–H and O–H groups in total. The SMILES string of the molecule is Cc1cc(COc2ccc(C(=O)NC(c3[nH]c(=O)[nH]c3O)C3CCN(S(C)(=O)=O)CC3)cc2)c2ccccc2n1. The summed E-state index contributed by atoms with van der Waals surface area (Å²) in [5.74, 6) is -0.379. The zero-order valence-electron chi connectivity index (χ0n) is 22.2. The van der Waals surface area contributed by atoms with E-state index in [1.807, 2.05) is 37.3 Å². The van der Waals surface area contributed by atoms with E-state index < -0.39 is 27.7 Å². The number of carbonyl (C=O) groups excluding carboxylic acids is 1. The van der Waals surface area contributed by atoms with Crippen molar-refractivity contribution < 1.29 is 23.1 Å². The number of benzene rings is 2. The molecule has 5 rings (SSSR count). The number of nitrogens with one attached hydrogen (secondary N) is 3. The van der Waals surface area contributed by atoms with Crippen LogP contribution in [-0.4, -0.2) is 58.0 Å². The largest absolute Gasteiger partial charge is 0.493 e. The molecule has 0 spiro atoms. The number of rotatable bonds is 8. The van der Waals surface area contributed by atoms with Gasteiger partial charge >= 0.3 is 5.69 Å². The third-order valence-electron chi connectivity index (χ3n) is 7.21. The number of carbonyl (C=O) groups is 1. The molecule has 1 fully saturated rings. The summed E-state index contributed by atoms with van der Waals surface area (Å²) in [7, 11) is -3.33. The van der Waals surface area contributed by atoms with Gasteiger partial charge in [-0.15, -0.1) is 0 Å². The quantitative estimate of drug-likeness (QED) is 0.256. The Morgan fingerprint density at radius 2 is 1.85 bits per heavy atom. The number of para-hydroxylation sites is 1. The van der Waals surface area contributed by atoms with E-state index in [1.54, 1.807) is 24.3 Å². The second kappa shape index (κ2) is 11.1. The van der Waals surface area contributed by atoms with Gasteiger partial charge in [-0.3, -0.25) is 14.8 Å². The molecule has 11 nitrogen and oxygen atoms in total. The number of aryl methyl sites for hydroxylation is 1. The maximum Gasteiger partial charge on any atom is 0.326 e. The maximum atomic E-state index is 13.2. The van der Waals surface area contributed by atoms with Crippen molar-refractivity contribution in [1.29, 1.82) is 0 Å². The van der Waals surface area contributed by atoms with Gasteiger partial charge in [-0.2, -0.15) is 0 Å². The van der Waals surface area contributed by atoms with E-state index in [2.05, 4.69) is 20.3 Å². The minimum atomic E-state index is -3.33. The predicted molar refractivity (Wildman–Crippen MR) is 150 cm³/mol. The van der Waals surface area contributed by atoms with Crippen molar-refractivity contribution in [2.45, 2.75) is 32.4 Å². The van der Waals surface area contributed by atoms with Crippen LogP contribution in [0.1, 0.15) is 46.2 Å². The van der Waals surface area contributed by atoms with Crippen LogP contribution < -0.4 is 15.7 Å². The molecule has 1 amide bonds. The third-order valence-corrected chi connectivity index (χ3v) is 8.52. The smallest absolute Gasteiger partial charge is 0.326 e. The number of hydrogen-bond donors (Lipinski definition) is 4. The number of H-pyrrole nitrogens is 2. The number of amides is 1. The van der Waals surface area contributed by atoms with E-state index in [0.717, 1.165) is 28.4 Å². The van der Waals surface area contributed by atoms with Crippen LogP contribution in [0, 0.1) is 12.8 Å². The van der Waals surface area contributed by atoms with Gasteiger partial charge in [0.25, 0.3) is 5.91 Å². The monoisotopic (exact) mass is 565 g/mol. The highest BCUT2D eigenvalue weighted by atomic mass is 32.2. The van der Waals surface area contributed by atoms with Gasteiger partial charge in [-0.1, -0.05) is 18.2 Å². The van der Waals surface area contributed by atoms with Crippen LogP contribution in [0.3, 0.4) is 0 Å². The van der Waals surface area contributed by atoms with Crippen LogP contribution in [0.15, 0.2) is 59.4 Å². The zero-order valence-corrected chi connectivity index (χ0v) is 23.0. The first-order valence-electron chi connectivity index (χ1n) is 12.9. The summed E-state index contributed by atoms with van der Waals surface area (Å²) in [6, 6.07) is 15.8. The molecule has 1 aliphatic heterocycles. The second-order valence-corrected chi connectivity index (χ2v) is 12.0. The lowest BCUT2D eigenvalue weighted by Gasteiger charge is -2.34. The molecule has 1 atom stereocenters. The molecule has 2 aromatic heterocycles. The molecule has 0 aliphatic carbocycles. The number of piperidine rings is 1. The molecular weight excluding hydrogens is 534 g/mol. The van der Waals surface area contributed by atoms with Crippen LogP contribution in [-0.2, 0) is 16.6 Å². The van der Waals surface area contributed by atoms with Gasteiger partial charge in [0.05, 0.1) is 17.8 Å². The summed E-state index contributed by atoms with van der Waals surface area (Å²) < 4.78 is 31.2. The number of sulfonamides is 1. The Morgan fingerprint density at radius 3 is 2.50 bits per heavy atom. The first kappa shape index (κ1) is 27.4. The van der Waals surface area contributed by atoms with Gasteiger partial charge in [0.2, 0.25) is 15.9 Å². The molecule has 0 bridgehead atoms. The molecule has 40 heavy (non-hydrogen) atoms. The Kier molecular flexibility index (Phi) is 7.63. The number of aromatic amines is 2. The number of aromatic hydroxyl groups is 1. The van der Waals surface area contributed by atoms with Crippen LogP contribution in [0.25, 0.3) is 10.9 Å². The number of fused-ring (bicyclic) bond motifs is 1. The van der Waals surface area contributed by atoms with Crippen molar-refractivity contribution in [3.63, 3.8) is 0 Å². The van der Waals surface area contributed by atoms with Crippen LogP contribution in [0.4, 0.5) is 0 Å². The average molecular weight is 566 g/mol. The molecule has 12 heteroatoms. The molecule has 210 valence electrons. The molecule has 0 saturated carbocycles. The number of aromatic nitrogens is 3. The van der Waals surface area contributed by atoms with Gasteiger partial charge in [-0.25, -0.2) is 17.5 Å². The molecular formula is C28H31N5O6S. The summed E-state index contributed by atoms with van der Waals surface area (Å²) in [4.78, 5) is 34.5. The van der Waals surface area contributed by atoms with E-state index in [-0.39, 0.29) is 30.6 Å². The minimum Gasteiger partial charge on any atom is -0.493 e. The van der Waals surface area contributed by atoms with Crippen LogP contribution in [0.2, 0.25) is 0 Å². The van der Waals surface area contributed by atoms with Crippen molar-refractivity contribution in [2.24, 2.45) is 5.92 Å². The number of hydrogen-bond acceptors (Lipinski definition) is 7. The highest BCUT2D eigenvalue weighted by molar-refractivity contribution is 7.88. The molecule has 2 aromatic carbocycles. The number of pyridine rings is 1. The Bertz CT molecular complexity index is 1690. The summed E-state index contributed by atoms with van der Waals surface area (Å²) in [6.07, 6.45) is 2.05. The average Bonchev–Trinajstić information content (AvgIpc) is 3.27. The van der Waals surface area contributed by atoms with E-state index >= 15 is 0 Å². The summed E-state index contributed by atoms with van der Waals surface area (Å²) in [5, 5.41) is 14.2. The van der Waals surface area contributed by atoms with Gasteiger partial charge < -0.3 is 20.1 Å². The molecule has 4 aromatic rings. The van der Waals surface area contributed by atoms with Crippen molar-refractivity contribution in [3.05, 3.63) is 87.6 Å². The second-order valence-electron chi connectivity index (χ2n) is 10.0. The van der Waals surface area contributed by atoms with Gasteiger partial charge in [0.1, 0.15) is 18.1 Å². The topological polar surface area (TPSA) is 157 Å². The highest BCUT2D eigenvalue weighted by Crippen LogP contribution is 2.33. The lowest BCUT2D eigenvalue weighted by Crippen LogP contribution is -2.42. The highest BCUT2D eigenvalue weighted by Gasteiger charge is 2.34. The summed E-state index contributed by atoms with van der Waals surface area (Å²) in [6.45, 7) is 2.84. The van der Waals surface area contributed by atoms with Crippen molar-refractivity contribution >= 4 is 26.8 Å². The summed E-state index contributed by atoms with van der Waals surface area (Å²) >= 11 is 0.